The molecular weight excluding hydrogens is 358 g/mol. The van der Waals surface area contributed by atoms with E-state index in [9.17, 15) is 0 Å². The molecule has 5 rings (SSSR count). The van der Waals surface area contributed by atoms with E-state index in [1.807, 2.05) is 0 Å². The van der Waals surface area contributed by atoms with Crippen molar-refractivity contribution in [2.24, 2.45) is 0 Å². The molecule has 5 aromatic rings. The summed E-state index contributed by atoms with van der Waals surface area (Å²) < 4.78 is 2.40. The molecule has 0 N–H and O–H groups in total. The van der Waals surface area contributed by atoms with E-state index in [4.69, 9.17) is 0 Å². The number of hydrogen-bond donors (Lipinski definition) is 0. The summed E-state index contributed by atoms with van der Waals surface area (Å²) in [6, 6.07) is 34.9. The zero-order chi connectivity index (χ0) is 18.9. The lowest BCUT2D eigenvalue weighted by Crippen LogP contribution is -1.92. The molecule has 0 bridgehead atoms. The van der Waals surface area contributed by atoms with Gasteiger partial charge in [-0.3, -0.25) is 0 Å². The van der Waals surface area contributed by atoms with Gasteiger partial charge < -0.3 is 4.57 Å². The Morgan fingerprint density at radius 1 is 0.607 bits per heavy atom. The van der Waals surface area contributed by atoms with Crippen LogP contribution in [0.2, 0.25) is 0 Å². The summed E-state index contributed by atoms with van der Waals surface area (Å²) >= 11 is 1.80. The average molecular weight is 380 g/mol. The second-order valence-corrected chi connectivity index (χ2v) is 8.08. The molecule has 1 heterocycles. The number of fused-ring (bicyclic) bond motifs is 3. The van der Waals surface area contributed by atoms with Crippen LogP contribution in [0.5, 0.6) is 0 Å². The molecule has 0 amide bonds. The number of benzene rings is 4. The molecule has 0 saturated carbocycles. The summed E-state index contributed by atoms with van der Waals surface area (Å²) in [5.41, 5.74) is 5.14. The molecule has 28 heavy (non-hydrogen) atoms. The molecule has 0 radical (unpaired) electrons. The second kappa shape index (κ2) is 7.21. The van der Waals surface area contributed by atoms with Gasteiger partial charge in [-0.2, -0.15) is 0 Å². The first-order valence-electron chi connectivity index (χ1n) is 9.68. The van der Waals surface area contributed by atoms with Crippen LogP contribution >= 0.6 is 11.8 Å². The Kier molecular flexibility index (Phi) is 4.42. The molecule has 0 aliphatic carbocycles. The Hall–Kier alpha value is -2.97. The molecule has 0 spiro atoms. The summed E-state index contributed by atoms with van der Waals surface area (Å²) in [7, 11) is 0. The van der Waals surface area contributed by atoms with E-state index in [1.165, 1.54) is 42.7 Å². The number of rotatable bonds is 4. The number of nitrogens with zero attached hydrogens (tertiary/aromatic N) is 1. The van der Waals surface area contributed by atoms with Crippen LogP contribution in [0.3, 0.4) is 0 Å². The van der Waals surface area contributed by atoms with Crippen LogP contribution < -0.4 is 0 Å². The highest BCUT2D eigenvalue weighted by Crippen LogP contribution is 2.34. The highest BCUT2D eigenvalue weighted by Gasteiger charge is 2.10. The smallest absolute Gasteiger partial charge is 0.0491 e. The summed E-state index contributed by atoms with van der Waals surface area (Å²) in [5.74, 6) is 0. The maximum absolute atomic E-state index is 2.40. The minimum absolute atomic E-state index is 0.981. The fourth-order valence-corrected chi connectivity index (χ4v) is 4.75. The molecule has 0 atom stereocenters. The Labute approximate surface area is 169 Å². The lowest BCUT2D eigenvalue weighted by Gasteiger charge is -2.06. The first kappa shape index (κ1) is 17.2. The third kappa shape index (κ3) is 3.00. The molecular formula is C26H21NS. The van der Waals surface area contributed by atoms with Gasteiger partial charge in [0.1, 0.15) is 0 Å². The van der Waals surface area contributed by atoms with Crippen LogP contribution in [-0.2, 0) is 6.54 Å². The largest absolute Gasteiger partial charge is 0.341 e. The summed E-state index contributed by atoms with van der Waals surface area (Å²) in [6.07, 6.45) is 0. The van der Waals surface area contributed by atoms with Crippen LogP contribution in [0.1, 0.15) is 6.92 Å². The van der Waals surface area contributed by atoms with Crippen molar-refractivity contribution in [3.05, 3.63) is 97.1 Å². The number of aromatic nitrogens is 1. The van der Waals surface area contributed by atoms with Gasteiger partial charge >= 0.3 is 0 Å². The predicted molar refractivity (Wildman–Crippen MR) is 121 cm³/mol. The van der Waals surface area contributed by atoms with E-state index < -0.39 is 0 Å². The highest BCUT2D eigenvalue weighted by atomic mass is 32.2. The summed E-state index contributed by atoms with van der Waals surface area (Å²) in [5, 5.41) is 2.66. The van der Waals surface area contributed by atoms with Crippen molar-refractivity contribution in [2.45, 2.75) is 23.3 Å². The van der Waals surface area contributed by atoms with Crippen LogP contribution in [0, 0.1) is 0 Å². The van der Waals surface area contributed by atoms with E-state index in [0.29, 0.717) is 0 Å². The molecule has 0 saturated heterocycles. The fourth-order valence-electron chi connectivity index (χ4n) is 3.91. The van der Waals surface area contributed by atoms with Gasteiger partial charge in [0.05, 0.1) is 0 Å². The lowest BCUT2D eigenvalue weighted by molar-refractivity contribution is 0.827. The maximum Gasteiger partial charge on any atom is 0.0491 e. The van der Waals surface area contributed by atoms with Gasteiger partial charge in [-0.25, -0.2) is 0 Å². The Balaban J connectivity index is 1.53. The van der Waals surface area contributed by atoms with E-state index in [0.717, 1.165) is 6.54 Å². The van der Waals surface area contributed by atoms with Crippen molar-refractivity contribution < 1.29 is 0 Å². The lowest BCUT2D eigenvalue weighted by atomic mass is 10.0. The van der Waals surface area contributed by atoms with E-state index in [2.05, 4.69) is 109 Å². The number of para-hydroxylation sites is 1. The molecule has 0 aliphatic rings. The van der Waals surface area contributed by atoms with Gasteiger partial charge in [-0.05, 0) is 60.5 Å². The Morgan fingerprint density at radius 2 is 1.25 bits per heavy atom. The van der Waals surface area contributed by atoms with Crippen LogP contribution in [0.4, 0.5) is 0 Å². The molecule has 0 unspecified atom stereocenters. The fraction of sp³-hybridized carbons (Fsp3) is 0.0769. The number of aryl methyl sites for hydroxylation is 1. The van der Waals surface area contributed by atoms with E-state index in [1.54, 1.807) is 11.8 Å². The van der Waals surface area contributed by atoms with E-state index >= 15 is 0 Å². The Bertz CT molecular complexity index is 1250. The minimum Gasteiger partial charge on any atom is -0.341 e. The van der Waals surface area contributed by atoms with Gasteiger partial charge in [0.15, 0.2) is 0 Å². The third-order valence-electron chi connectivity index (χ3n) is 5.26. The van der Waals surface area contributed by atoms with Crippen molar-refractivity contribution >= 4 is 33.6 Å². The zero-order valence-corrected chi connectivity index (χ0v) is 16.6. The van der Waals surface area contributed by atoms with Crippen molar-refractivity contribution in [2.75, 3.05) is 0 Å². The van der Waals surface area contributed by atoms with Crippen molar-refractivity contribution in [3.8, 4) is 11.1 Å². The Morgan fingerprint density at radius 3 is 2.04 bits per heavy atom. The first-order valence-corrected chi connectivity index (χ1v) is 10.5. The van der Waals surface area contributed by atoms with Crippen molar-refractivity contribution in [1.82, 2.24) is 4.57 Å². The van der Waals surface area contributed by atoms with E-state index in [-0.39, 0.29) is 0 Å². The van der Waals surface area contributed by atoms with Crippen LogP contribution in [0.15, 0.2) is 107 Å². The van der Waals surface area contributed by atoms with Gasteiger partial charge in [0, 0.05) is 38.1 Å². The van der Waals surface area contributed by atoms with Gasteiger partial charge in [-0.1, -0.05) is 66.4 Å². The standard InChI is InChI=1S/C26H21NS/c1-2-27-25-11-7-6-10-23(25)24-18-20(14-17-26(24)27)19-12-15-22(16-13-19)28-21-8-4-3-5-9-21/h3-18H,2H2,1H3. The van der Waals surface area contributed by atoms with Gasteiger partial charge in [0.25, 0.3) is 0 Å². The molecule has 4 aromatic carbocycles. The monoisotopic (exact) mass is 379 g/mol. The zero-order valence-electron chi connectivity index (χ0n) is 15.8. The van der Waals surface area contributed by atoms with Gasteiger partial charge in [-0.15, -0.1) is 0 Å². The quantitative estimate of drug-likeness (QED) is 0.311. The number of hydrogen-bond acceptors (Lipinski definition) is 1. The molecule has 1 nitrogen and oxygen atoms in total. The normalized spacial score (nSPS) is 11.3. The van der Waals surface area contributed by atoms with Crippen LogP contribution in [-0.4, -0.2) is 4.57 Å². The topological polar surface area (TPSA) is 4.93 Å². The maximum atomic E-state index is 2.40. The summed E-state index contributed by atoms with van der Waals surface area (Å²) in [6.45, 7) is 3.19. The molecule has 1 aromatic heterocycles. The van der Waals surface area contributed by atoms with Crippen molar-refractivity contribution in [1.29, 1.82) is 0 Å². The molecule has 0 fully saturated rings. The molecule has 136 valence electrons. The van der Waals surface area contributed by atoms with Crippen LogP contribution in [0.25, 0.3) is 32.9 Å². The SMILES string of the molecule is CCn1c2ccccc2c2cc(-c3ccc(Sc4ccccc4)cc3)ccc21. The average Bonchev–Trinajstić information content (AvgIpc) is 3.08. The minimum atomic E-state index is 0.981. The van der Waals surface area contributed by atoms with Crippen molar-refractivity contribution in [3.63, 3.8) is 0 Å². The third-order valence-corrected chi connectivity index (χ3v) is 6.27. The second-order valence-electron chi connectivity index (χ2n) is 6.93. The molecule has 2 heteroatoms. The summed E-state index contributed by atoms with van der Waals surface area (Å²) in [4.78, 5) is 2.53. The van der Waals surface area contributed by atoms with Gasteiger partial charge in [0.2, 0.25) is 0 Å². The first-order chi connectivity index (χ1) is 13.8. The predicted octanol–water partition coefficient (Wildman–Crippen LogP) is 7.63. The molecule has 0 aliphatic heterocycles. The highest BCUT2D eigenvalue weighted by molar-refractivity contribution is 7.99.